The normalized spacial score (nSPS) is 21.1. The number of carboxylic acid groups (broad SMARTS) is 1. The van der Waals surface area contributed by atoms with Crippen LogP contribution in [0.2, 0.25) is 0 Å². The van der Waals surface area contributed by atoms with E-state index < -0.39 is 41.0 Å². The second-order valence-corrected chi connectivity index (χ2v) is 11.8. The molecule has 13 nitrogen and oxygen atoms in total. The molecule has 210 valence electrons. The second kappa shape index (κ2) is 12.8. The van der Waals surface area contributed by atoms with Crippen molar-refractivity contribution >= 4 is 58.7 Å². The Bertz CT molecular complexity index is 1220. The summed E-state index contributed by atoms with van der Waals surface area (Å²) in [5, 5.41) is 29.7. The number of methoxy groups -OCH3 is 1. The number of hydrogen-bond donors (Lipinski definition) is 5. The minimum Gasteiger partial charge on any atom is -0.477 e. The fourth-order valence-electron chi connectivity index (χ4n) is 4.21. The molecular weight excluding hydrogens is 566 g/mol. The Labute approximate surface area is 236 Å². The van der Waals surface area contributed by atoms with Gasteiger partial charge in [-0.25, -0.2) is 9.59 Å². The first-order valence-corrected chi connectivity index (χ1v) is 15.1. The monoisotopic (exact) mass is 595 g/mol. The summed E-state index contributed by atoms with van der Waals surface area (Å²) in [6.07, 6.45) is 4.31. The van der Waals surface area contributed by atoms with Crippen molar-refractivity contribution in [2.45, 2.75) is 48.4 Å². The Kier molecular flexibility index (Phi) is 9.53. The number of carbonyl (C=O) groups excluding carboxylic acids is 3. The van der Waals surface area contributed by atoms with E-state index in [1.54, 1.807) is 17.5 Å². The number of aromatic amines is 1. The molecule has 1 saturated heterocycles. The number of carboxylic acids is 1. The molecule has 0 bridgehead atoms. The molecule has 2 unspecified atom stereocenters. The first-order valence-electron chi connectivity index (χ1n) is 12.2. The number of urea groups is 1. The third-order valence-corrected chi connectivity index (χ3v) is 9.48. The molecule has 2 aliphatic heterocycles. The number of thiophene rings is 1. The average Bonchev–Trinajstić information content (AvgIpc) is 3.65. The van der Waals surface area contributed by atoms with E-state index in [0.29, 0.717) is 33.5 Å². The third kappa shape index (κ3) is 6.08. The predicted molar refractivity (Wildman–Crippen MR) is 146 cm³/mol. The summed E-state index contributed by atoms with van der Waals surface area (Å²) in [6, 6.07) is 1.87. The van der Waals surface area contributed by atoms with Gasteiger partial charge in [-0.2, -0.15) is 0 Å². The molecule has 39 heavy (non-hydrogen) atoms. The van der Waals surface area contributed by atoms with Crippen LogP contribution in [0.15, 0.2) is 40.0 Å². The summed E-state index contributed by atoms with van der Waals surface area (Å²) in [6.45, 7) is 2.53. The van der Waals surface area contributed by atoms with Crippen molar-refractivity contribution in [3.63, 3.8) is 0 Å². The molecule has 2 aromatic heterocycles. The largest absolute Gasteiger partial charge is 0.477 e. The van der Waals surface area contributed by atoms with Crippen LogP contribution in [-0.2, 0) is 19.1 Å². The summed E-state index contributed by atoms with van der Waals surface area (Å²) >= 11 is 3.89. The lowest BCUT2D eigenvalue weighted by Gasteiger charge is -2.56. The molecule has 3 atom stereocenters. The summed E-state index contributed by atoms with van der Waals surface area (Å²) in [4.78, 5) is 53.4. The van der Waals surface area contributed by atoms with Gasteiger partial charge in [0.05, 0.1) is 6.20 Å². The number of carbonyl (C=O) groups is 4. The van der Waals surface area contributed by atoms with E-state index in [0.717, 1.165) is 24.2 Å². The lowest BCUT2D eigenvalue weighted by Crippen LogP contribution is -2.81. The average molecular weight is 596 g/mol. The van der Waals surface area contributed by atoms with Crippen molar-refractivity contribution in [3.05, 3.63) is 39.9 Å². The van der Waals surface area contributed by atoms with Gasteiger partial charge in [0, 0.05) is 30.0 Å². The van der Waals surface area contributed by atoms with Crippen molar-refractivity contribution in [1.82, 2.24) is 36.3 Å². The van der Waals surface area contributed by atoms with Crippen LogP contribution >= 0.6 is 34.9 Å². The Morgan fingerprint density at radius 1 is 1.38 bits per heavy atom. The molecule has 0 spiro atoms. The number of amides is 4. The highest BCUT2D eigenvalue weighted by Crippen LogP contribution is 2.47. The predicted octanol–water partition coefficient (Wildman–Crippen LogP) is 1.90. The van der Waals surface area contributed by atoms with Crippen molar-refractivity contribution in [2.24, 2.45) is 0 Å². The Balaban J connectivity index is 1.50. The Hall–Kier alpha value is -3.08. The zero-order valence-corrected chi connectivity index (χ0v) is 23.7. The van der Waals surface area contributed by atoms with E-state index in [1.807, 2.05) is 0 Å². The molecule has 0 aliphatic carbocycles. The number of nitrogens with one attached hydrogen (secondary N) is 4. The molecular formula is C23H29N7O6S3. The number of unbranched alkanes of at least 4 members (excludes halogenated alkanes) is 2. The lowest BCUT2D eigenvalue weighted by atomic mass is 9.97. The number of hydrogen-bond acceptors (Lipinski definition) is 10. The van der Waals surface area contributed by atoms with Gasteiger partial charge in [-0.05, 0) is 23.4 Å². The van der Waals surface area contributed by atoms with Crippen LogP contribution in [0.4, 0.5) is 4.79 Å². The van der Waals surface area contributed by atoms with Crippen LogP contribution < -0.4 is 16.0 Å². The van der Waals surface area contributed by atoms with E-state index >= 15 is 0 Å². The van der Waals surface area contributed by atoms with Gasteiger partial charge < -0.3 is 25.8 Å². The maximum atomic E-state index is 13.5. The number of thioether (sulfide) groups is 2. The van der Waals surface area contributed by atoms with Crippen molar-refractivity contribution < 1.29 is 29.0 Å². The van der Waals surface area contributed by atoms with Gasteiger partial charge in [0.15, 0.2) is 0 Å². The molecule has 0 aromatic carbocycles. The molecule has 2 aliphatic rings. The van der Waals surface area contributed by atoms with Crippen molar-refractivity contribution in [3.8, 4) is 0 Å². The van der Waals surface area contributed by atoms with Gasteiger partial charge in [0.1, 0.15) is 22.1 Å². The van der Waals surface area contributed by atoms with E-state index in [-0.39, 0.29) is 5.70 Å². The quantitative estimate of drug-likeness (QED) is 0.0994. The van der Waals surface area contributed by atoms with E-state index in [4.69, 9.17) is 4.74 Å². The van der Waals surface area contributed by atoms with Crippen LogP contribution in [0, 0.1) is 0 Å². The molecule has 1 fully saturated rings. The number of nitrogens with zero attached hydrogens (tertiary/aromatic N) is 3. The number of aromatic nitrogens is 3. The first kappa shape index (κ1) is 28.9. The number of rotatable bonds is 13. The van der Waals surface area contributed by atoms with E-state index in [9.17, 15) is 24.3 Å². The molecule has 4 rings (SSSR count). The Morgan fingerprint density at radius 3 is 2.85 bits per heavy atom. The zero-order valence-electron chi connectivity index (χ0n) is 21.3. The SMILES string of the molecule is CCCCCNC(=O)NC(C(=O)N[C@@]1(OC)C(=O)N2C(C(=O)O)=C(CSc3cnn[nH]3)CSC21)c1cccs1. The van der Waals surface area contributed by atoms with Gasteiger partial charge in [-0.3, -0.25) is 19.6 Å². The minimum absolute atomic E-state index is 0.134. The van der Waals surface area contributed by atoms with Crippen molar-refractivity contribution in [2.75, 3.05) is 25.2 Å². The van der Waals surface area contributed by atoms with E-state index in [2.05, 4.69) is 38.3 Å². The van der Waals surface area contributed by atoms with Crippen LogP contribution in [0.25, 0.3) is 0 Å². The molecule has 5 N–H and O–H groups in total. The number of aliphatic carboxylic acids is 1. The standard InChI is InChI=1S/C23H29N7O6S3/c1-3-4-5-8-24-22(35)26-16(14-7-6-9-37-14)18(31)27-23(36-2)20(34)30-17(19(32)33)13(12-39-21(23)30)11-38-15-10-25-29-28-15/h6-7,9-10,16,21H,3-5,8,11-12H2,1-2H3,(H,27,31)(H,32,33)(H2,24,26,35)(H,25,28,29)/t16?,21?,23-/m1/s1. The van der Waals surface area contributed by atoms with Crippen LogP contribution in [0.1, 0.15) is 37.1 Å². The van der Waals surface area contributed by atoms with E-state index in [1.165, 1.54) is 48.2 Å². The Morgan fingerprint density at radius 2 is 2.21 bits per heavy atom. The smallest absolute Gasteiger partial charge is 0.352 e. The highest BCUT2D eigenvalue weighted by molar-refractivity contribution is 8.01. The van der Waals surface area contributed by atoms with Gasteiger partial charge in [-0.1, -0.05) is 31.0 Å². The second-order valence-electron chi connectivity index (χ2n) is 8.69. The number of fused-ring (bicyclic) bond motifs is 1. The number of H-pyrrole nitrogens is 1. The van der Waals surface area contributed by atoms with Gasteiger partial charge in [-0.15, -0.1) is 40.0 Å². The van der Waals surface area contributed by atoms with Crippen molar-refractivity contribution in [1.29, 1.82) is 0 Å². The highest BCUT2D eigenvalue weighted by atomic mass is 32.2. The summed E-state index contributed by atoms with van der Waals surface area (Å²) < 4.78 is 5.56. The topological polar surface area (TPSA) is 179 Å². The van der Waals surface area contributed by atoms with Gasteiger partial charge >= 0.3 is 12.0 Å². The number of β-lactam (4-membered cyclic amide) rings is 1. The molecule has 4 heterocycles. The molecule has 4 amide bonds. The highest BCUT2D eigenvalue weighted by Gasteiger charge is 2.67. The molecule has 0 saturated carbocycles. The molecule has 0 radical (unpaired) electrons. The fraction of sp³-hybridized carbons (Fsp3) is 0.478. The summed E-state index contributed by atoms with van der Waals surface area (Å²) in [5.74, 6) is -1.99. The molecule has 2 aromatic rings. The van der Waals surface area contributed by atoms with Gasteiger partial charge in [0.2, 0.25) is 0 Å². The summed E-state index contributed by atoms with van der Waals surface area (Å²) in [7, 11) is 1.28. The summed E-state index contributed by atoms with van der Waals surface area (Å²) in [5.41, 5.74) is -1.38. The first-order chi connectivity index (χ1) is 18.8. The number of ether oxygens (including phenoxy) is 1. The minimum atomic E-state index is -1.79. The van der Waals surface area contributed by atoms with Crippen LogP contribution in [-0.4, -0.2) is 85.5 Å². The lowest BCUT2D eigenvalue weighted by molar-refractivity contribution is -0.192. The van der Waals surface area contributed by atoms with Crippen LogP contribution in [0.3, 0.4) is 0 Å². The molecule has 16 heteroatoms. The third-order valence-electron chi connectivity index (χ3n) is 6.17. The fourth-order valence-corrected chi connectivity index (χ4v) is 7.35. The maximum absolute atomic E-state index is 13.5. The zero-order chi connectivity index (χ0) is 28.0. The maximum Gasteiger partial charge on any atom is 0.352 e. The van der Waals surface area contributed by atoms with Gasteiger partial charge in [0.25, 0.3) is 17.5 Å². The van der Waals surface area contributed by atoms with Crippen LogP contribution in [0.5, 0.6) is 0 Å².